The van der Waals surface area contributed by atoms with E-state index in [9.17, 15) is 0 Å². The molecule has 0 bridgehead atoms. The number of aromatic nitrogens is 1. The minimum atomic E-state index is 0.168. The normalized spacial score (nSPS) is 14.0. The summed E-state index contributed by atoms with van der Waals surface area (Å²) in [6.45, 7) is 2.86. The Hall–Kier alpha value is -1.71. The van der Waals surface area contributed by atoms with Crippen molar-refractivity contribution in [2.45, 2.75) is 19.1 Å². The highest BCUT2D eigenvalue weighted by Crippen LogP contribution is 2.21. The topological polar surface area (TPSA) is 34.1 Å². The molecule has 0 aliphatic carbocycles. The molecule has 1 aromatic heterocycles. The first-order valence-electron chi connectivity index (χ1n) is 6.52. The van der Waals surface area contributed by atoms with E-state index < -0.39 is 0 Å². The van der Waals surface area contributed by atoms with E-state index in [-0.39, 0.29) is 12.1 Å². The molecule has 0 amide bonds. The Bertz CT molecular complexity index is 433. The van der Waals surface area contributed by atoms with E-state index in [1.54, 1.807) is 7.11 Å². The second-order valence-electron chi connectivity index (χ2n) is 4.58. The number of hydrogen-bond acceptors (Lipinski definition) is 3. The lowest BCUT2D eigenvalue weighted by molar-refractivity contribution is 0.115. The quantitative estimate of drug-likeness (QED) is 0.863. The van der Waals surface area contributed by atoms with E-state index in [1.165, 1.54) is 11.1 Å². The van der Waals surface area contributed by atoms with Crippen LogP contribution < -0.4 is 5.32 Å². The molecule has 1 aromatic carbocycles. The van der Waals surface area contributed by atoms with Gasteiger partial charge in [-0.3, -0.25) is 4.98 Å². The molecular weight excluding hydrogens is 236 g/mol. The fraction of sp³-hybridized carbons (Fsp3) is 0.312. The Morgan fingerprint density at radius 3 is 2.32 bits per heavy atom. The minimum absolute atomic E-state index is 0.168. The molecule has 2 rings (SSSR count). The number of hydrogen-bond donors (Lipinski definition) is 1. The Labute approximate surface area is 114 Å². The Morgan fingerprint density at radius 1 is 1.05 bits per heavy atom. The Balaban J connectivity index is 2.19. The SMILES string of the molecule is COC(C)CNC(c1ccccc1)c1ccncc1. The molecule has 19 heavy (non-hydrogen) atoms. The molecule has 0 fully saturated rings. The lowest BCUT2D eigenvalue weighted by Gasteiger charge is -2.21. The predicted molar refractivity (Wildman–Crippen MR) is 77.0 cm³/mol. The molecular formula is C16H20N2O. The molecule has 100 valence electrons. The molecule has 0 radical (unpaired) electrons. The highest BCUT2D eigenvalue weighted by Gasteiger charge is 2.14. The van der Waals surface area contributed by atoms with Crippen molar-refractivity contribution in [3.63, 3.8) is 0 Å². The molecule has 0 saturated carbocycles. The molecule has 1 N–H and O–H groups in total. The summed E-state index contributed by atoms with van der Waals surface area (Å²) >= 11 is 0. The second-order valence-corrected chi connectivity index (χ2v) is 4.58. The van der Waals surface area contributed by atoms with Crippen LogP contribution in [0, 0.1) is 0 Å². The first-order valence-corrected chi connectivity index (χ1v) is 6.52. The Morgan fingerprint density at radius 2 is 1.68 bits per heavy atom. The minimum Gasteiger partial charge on any atom is -0.380 e. The molecule has 1 heterocycles. The van der Waals surface area contributed by atoms with Crippen molar-refractivity contribution in [1.29, 1.82) is 0 Å². The van der Waals surface area contributed by atoms with Crippen molar-refractivity contribution < 1.29 is 4.74 Å². The van der Waals surface area contributed by atoms with Gasteiger partial charge in [-0.1, -0.05) is 30.3 Å². The zero-order chi connectivity index (χ0) is 13.5. The van der Waals surface area contributed by atoms with E-state index in [0.717, 1.165) is 6.54 Å². The largest absolute Gasteiger partial charge is 0.380 e. The highest BCUT2D eigenvalue weighted by atomic mass is 16.5. The molecule has 2 unspecified atom stereocenters. The summed E-state index contributed by atoms with van der Waals surface area (Å²) in [6.07, 6.45) is 3.84. The smallest absolute Gasteiger partial charge is 0.0667 e. The van der Waals surface area contributed by atoms with Crippen LogP contribution in [0.4, 0.5) is 0 Å². The monoisotopic (exact) mass is 256 g/mol. The lowest BCUT2D eigenvalue weighted by atomic mass is 9.99. The summed E-state index contributed by atoms with van der Waals surface area (Å²) < 4.78 is 5.30. The first kappa shape index (κ1) is 13.7. The van der Waals surface area contributed by atoms with Crippen LogP contribution in [0.5, 0.6) is 0 Å². The van der Waals surface area contributed by atoms with E-state index in [4.69, 9.17) is 4.74 Å². The summed E-state index contributed by atoms with van der Waals surface area (Å²) in [5.41, 5.74) is 2.46. The van der Waals surface area contributed by atoms with Gasteiger partial charge in [-0.15, -0.1) is 0 Å². The number of benzene rings is 1. The fourth-order valence-corrected chi connectivity index (χ4v) is 2.00. The molecule has 3 heteroatoms. The average Bonchev–Trinajstić information content (AvgIpc) is 2.49. The van der Waals surface area contributed by atoms with Gasteiger partial charge in [-0.2, -0.15) is 0 Å². The average molecular weight is 256 g/mol. The summed E-state index contributed by atoms with van der Waals surface area (Å²) in [4.78, 5) is 4.08. The summed E-state index contributed by atoms with van der Waals surface area (Å²) in [5, 5.41) is 3.55. The molecule has 0 spiro atoms. The fourth-order valence-electron chi connectivity index (χ4n) is 2.00. The number of nitrogens with zero attached hydrogens (tertiary/aromatic N) is 1. The number of rotatable bonds is 6. The van der Waals surface area contributed by atoms with Gasteiger partial charge in [-0.05, 0) is 30.2 Å². The maximum Gasteiger partial charge on any atom is 0.0667 e. The van der Waals surface area contributed by atoms with E-state index in [1.807, 2.05) is 30.6 Å². The van der Waals surface area contributed by atoms with Gasteiger partial charge in [0.15, 0.2) is 0 Å². The van der Waals surface area contributed by atoms with E-state index in [0.29, 0.717) is 0 Å². The van der Waals surface area contributed by atoms with Crippen molar-refractivity contribution in [2.75, 3.05) is 13.7 Å². The maximum atomic E-state index is 5.30. The van der Waals surface area contributed by atoms with Crippen LogP contribution in [-0.4, -0.2) is 24.7 Å². The van der Waals surface area contributed by atoms with Crippen LogP contribution in [0.1, 0.15) is 24.1 Å². The van der Waals surface area contributed by atoms with Gasteiger partial charge in [0.05, 0.1) is 12.1 Å². The third-order valence-electron chi connectivity index (χ3n) is 3.18. The summed E-state index contributed by atoms with van der Waals surface area (Å²) in [5.74, 6) is 0. The molecule has 2 atom stereocenters. The van der Waals surface area contributed by atoms with Crippen LogP contribution in [0.2, 0.25) is 0 Å². The van der Waals surface area contributed by atoms with Gasteiger partial charge in [0.25, 0.3) is 0 Å². The standard InChI is InChI=1S/C16H20N2O/c1-13(19-2)12-18-16(14-6-4-3-5-7-14)15-8-10-17-11-9-15/h3-11,13,16,18H,12H2,1-2H3. The highest BCUT2D eigenvalue weighted by molar-refractivity contribution is 5.30. The number of ether oxygens (including phenoxy) is 1. The Kier molecular flexibility index (Phi) is 5.07. The van der Waals surface area contributed by atoms with Gasteiger partial charge in [-0.25, -0.2) is 0 Å². The third-order valence-corrected chi connectivity index (χ3v) is 3.18. The molecule has 2 aromatic rings. The van der Waals surface area contributed by atoms with Crippen LogP contribution in [0.25, 0.3) is 0 Å². The van der Waals surface area contributed by atoms with Crippen molar-refractivity contribution >= 4 is 0 Å². The van der Waals surface area contributed by atoms with Gasteiger partial charge in [0.2, 0.25) is 0 Å². The van der Waals surface area contributed by atoms with Gasteiger partial charge in [0.1, 0.15) is 0 Å². The van der Waals surface area contributed by atoms with Crippen LogP contribution in [0.3, 0.4) is 0 Å². The zero-order valence-electron chi connectivity index (χ0n) is 11.4. The summed E-state index contributed by atoms with van der Waals surface area (Å²) in [6, 6.07) is 14.7. The van der Waals surface area contributed by atoms with Crippen LogP contribution in [-0.2, 0) is 4.74 Å². The van der Waals surface area contributed by atoms with E-state index in [2.05, 4.69) is 41.5 Å². The number of methoxy groups -OCH3 is 1. The van der Waals surface area contributed by atoms with Gasteiger partial charge >= 0.3 is 0 Å². The number of pyridine rings is 1. The summed E-state index contributed by atoms with van der Waals surface area (Å²) in [7, 11) is 1.73. The lowest BCUT2D eigenvalue weighted by Crippen LogP contribution is -2.30. The first-order chi connectivity index (χ1) is 9.31. The predicted octanol–water partition coefficient (Wildman–Crippen LogP) is 2.80. The van der Waals surface area contributed by atoms with Crippen molar-refractivity contribution in [2.24, 2.45) is 0 Å². The third kappa shape index (κ3) is 3.88. The molecule has 0 aliphatic heterocycles. The van der Waals surface area contributed by atoms with Crippen LogP contribution >= 0.6 is 0 Å². The zero-order valence-corrected chi connectivity index (χ0v) is 11.4. The van der Waals surface area contributed by atoms with E-state index >= 15 is 0 Å². The van der Waals surface area contributed by atoms with Crippen LogP contribution in [0.15, 0.2) is 54.9 Å². The van der Waals surface area contributed by atoms with Crippen molar-refractivity contribution in [1.82, 2.24) is 10.3 Å². The van der Waals surface area contributed by atoms with Gasteiger partial charge in [0, 0.05) is 26.0 Å². The van der Waals surface area contributed by atoms with Gasteiger partial charge < -0.3 is 10.1 Å². The molecule has 0 aliphatic rings. The maximum absolute atomic E-state index is 5.30. The molecule has 3 nitrogen and oxygen atoms in total. The van der Waals surface area contributed by atoms with Crippen molar-refractivity contribution in [3.05, 3.63) is 66.0 Å². The number of nitrogens with one attached hydrogen (secondary N) is 1. The molecule has 0 saturated heterocycles. The second kappa shape index (κ2) is 7.02. The van der Waals surface area contributed by atoms with Crippen molar-refractivity contribution in [3.8, 4) is 0 Å².